The highest BCUT2D eigenvalue weighted by atomic mass is 32.1. The van der Waals surface area contributed by atoms with Crippen molar-refractivity contribution in [1.29, 1.82) is 0 Å². The Balaban J connectivity index is 1.64. The summed E-state index contributed by atoms with van der Waals surface area (Å²) in [7, 11) is 0. The lowest BCUT2D eigenvalue weighted by molar-refractivity contribution is 0.404. The van der Waals surface area contributed by atoms with E-state index in [1.54, 1.807) is 0 Å². The highest BCUT2D eigenvalue weighted by Crippen LogP contribution is 2.39. The Labute approximate surface area is 217 Å². The second-order valence-corrected chi connectivity index (χ2v) is 9.76. The molecule has 5 nitrogen and oxygen atoms in total. The number of aromatic nitrogens is 2. The molecule has 0 spiro atoms. The molecule has 0 aliphatic carbocycles. The van der Waals surface area contributed by atoms with Crippen LogP contribution >= 0.6 is 12.2 Å². The minimum atomic E-state index is -0.211. The minimum absolute atomic E-state index is 0.211. The molecule has 182 valence electrons. The number of benzene rings is 3. The van der Waals surface area contributed by atoms with Crippen LogP contribution < -0.4 is 10.2 Å². The molecule has 5 rings (SSSR count). The number of allylic oxidation sites excluding steroid dienone is 1. The van der Waals surface area contributed by atoms with Crippen molar-refractivity contribution in [3.8, 4) is 11.4 Å². The first kappa shape index (κ1) is 23.9. The molecule has 1 aromatic heterocycles. The van der Waals surface area contributed by atoms with E-state index in [9.17, 15) is 0 Å². The Hall–Kier alpha value is -3.77. The fourth-order valence-corrected chi connectivity index (χ4v) is 4.90. The lowest BCUT2D eigenvalue weighted by Gasteiger charge is -2.37. The summed E-state index contributed by atoms with van der Waals surface area (Å²) in [5, 5.41) is 8.53. The molecule has 0 bridgehead atoms. The van der Waals surface area contributed by atoms with Crippen LogP contribution in [0.4, 0.5) is 5.69 Å². The maximum atomic E-state index is 5.89. The van der Waals surface area contributed by atoms with Crippen molar-refractivity contribution in [1.82, 2.24) is 15.5 Å². The van der Waals surface area contributed by atoms with Gasteiger partial charge in [0.25, 0.3) is 5.89 Å². The predicted octanol–water partition coefficient (Wildman–Crippen LogP) is 7.09. The first-order valence-electron chi connectivity index (χ1n) is 12.2. The molecular weight excluding hydrogens is 464 g/mol. The standard InChI is InChI=1S/C30H30N4OS/c1-6-22-10-14-24(15-11-22)28-32-29(35-33-28)26-21(5)34(25-16-9-19(3)20(4)17-25)30(36)31-27(26)23-12-7-18(2)8-13-23/h7-17,27H,6H2,1-5H3,(H,31,36). The average Bonchev–Trinajstić information content (AvgIpc) is 3.36. The quantitative estimate of drug-likeness (QED) is 0.299. The van der Waals surface area contributed by atoms with Gasteiger partial charge in [-0.25, -0.2) is 0 Å². The highest BCUT2D eigenvalue weighted by Gasteiger charge is 2.34. The normalized spacial score (nSPS) is 15.9. The summed E-state index contributed by atoms with van der Waals surface area (Å²) in [6.07, 6.45) is 0.988. The Morgan fingerprint density at radius 2 is 1.64 bits per heavy atom. The molecule has 1 unspecified atom stereocenters. The van der Waals surface area contributed by atoms with Crippen LogP contribution in [0.1, 0.15) is 53.6 Å². The van der Waals surface area contributed by atoms with Crippen molar-refractivity contribution in [3.05, 3.63) is 106 Å². The highest BCUT2D eigenvalue weighted by molar-refractivity contribution is 7.80. The molecule has 6 heteroatoms. The van der Waals surface area contributed by atoms with Gasteiger partial charge in [-0.2, -0.15) is 4.98 Å². The van der Waals surface area contributed by atoms with Gasteiger partial charge in [0.05, 0.1) is 11.6 Å². The molecule has 36 heavy (non-hydrogen) atoms. The van der Waals surface area contributed by atoms with Crippen LogP contribution in [0, 0.1) is 20.8 Å². The summed E-state index contributed by atoms with van der Waals surface area (Å²) in [4.78, 5) is 6.90. The van der Waals surface area contributed by atoms with Crippen molar-refractivity contribution in [3.63, 3.8) is 0 Å². The van der Waals surface area contributed by atoms with E-state index in [4.69, 9.17) is 21.7 Å². The molecule has 1 atom stereocenters. The Kier molecular flexibility index (Phi) is 6.46. The van der Waals surface area contributed by atoms with Crippen molar-refractivity contribution < 1.29 is 4.52 Å². The van der Waals surface area contributed by atoms with Crippen LogP contribution in [0.25, 0.3) is 17.0 Å². The molecule has 0 saturated carbocycles. The summed E-state index contributed by atoms with van der Waals surface area (Å²) >= 11 is 5.89. The lowest BCUT2D eigenvalue weighted by atomic mass is 9.94. The number of hydrogen-bond acceptors (Lipinski definition) is 4. The molecule has 0 fully saturated rings. The number of aryl methyl sites for hydroxylation is 4. The van der Waals surface area contributed by atoms with E-state index in [2.05, 4.69) is 105 Å². The van der Waals surface area contributed by atoms with E-state index in [0.29, 0.717) is 16.8 Å². The summed E-state index contributed by atoms with van der Waals surface area (Å²) in [5.74, 6) is 1.05. The van der Waals surface area contributed by atoms with Crippen LogP contribution in [-0.2, 0) is 6.42 Å². The van der Waals surface area contributed by atoms with Gasteiger partial charge in [-0.15, -0.1) is 0 Å². The van der Waals surface area contributed by atoms with Crippen LogP contribution in [-0.4, -0.2) is 15.3 Å². The van der Waals surface area contributed by atoms with Gasteiger partial charge in [0.15, 0.2) is 5.11 Å². The third kappa shape index (κ3) is 4.44. The smallest absolute Gasteiger partial charge is 0.258 e. The first-order chi connectivity index (χ1) is 17.4. The fraction of sp³-hybridized carbons (Fsp3) is 0.233. The van der Waals surface area contributed by atoms with Crippen molar-refractivity contribution >= 4 is 28.6 Å². The SMILES string of the molecule is CCc1ccc(-c2noc(C3=C(C)N(c4ccc(C)c(C)c4)C(=S)NC3c3ccc(C)cc3)n2)cc1. The summed E-state index contributed by atoms with van der Waals surface area (Å²) in [5.41, 5.74) is 9.81. The van der Waals surface area contributed by atoms with Gasteiger partial charge in [0.2, 0.25) is 5.82 Å². The number of hydrogen-bond donors (Lipinski definition) is 1. The number of thiocarbonyl (C=S) groups is 1. The maximum absolute atomic E-state index is 5.89. The van der Waals surface area contributed by atoms with Gasteiger partial charge in [-0.1, -0.05) is 72.2 Å². The topological polar surface area (TPSA) is 54.2 Å². The third-order valence-electron chi connectivity index (χ3n) is 6.92. The van der Waals surface area contributed by atoms with Gasteiger partial charge in [-0.05, 0) is 80.7 Å². The fourth-order valence-electron chi connectivity index (χ4n) is 4.54. The lowest BCUT2D eigenvalue weighted by Crippen LogP contribution is -2.46. The molecule has 0 radical (unpaired) electrons. The van der Waals surface area contributed by atoms with E-state index in [0.717, 1.165) is 34.5 Å². The summed E-state index contributed by atoms with van der Waals surface area (Å²) in [6, 6.07) is 22.9. The van der Waals surface area contributed by atoms with E-state index >= 15 is 0 Å². The molecule has 2 heterocycles. The van der Waals surface area contributed by atoms with Gasteiger partial charge in [0, 0.05) is 16.9 Å². The molecule has 4 aromatic rings. The van der Waals surface area contributed by atoms with Crippen molar-refractivity contribution in [2.24, 2.45) is 0 Å². The van der Waals surface area contributed by atoms with Crippen LogP contribution in [0.3, 0.4) is 0 Å². The van der Waals surface area contributed by atoms with E-state index in [-0.39, 0.29) is 6.04 Å². The van der Waals surface area contributed by atoms with E-state index in [1.807, 2.05) is 12.1 Å². The number of anilines is 1. The van der Waals surface area contributed by atoms with Crippen molar-refractivity contribution in [2.75, 3.05) is 4.90 Å². The largest absolute Gasteiger partial charge is 0.351 e. The molecule has 3 aromatic carbocycles. The molecular formula is C30H30N4OS. The monoisotopic (exact) mass is 494 g/mol. The summed E-state index contributed by atoms with van der Waals surface area (Å²) < 4.78 is 5.89. The Morgan fingerprint density at radius 1 is 0.917 bits per heavy atom. The zero-order chi connectivity index (χ0) is 25.4. The number of nitrogens with zero attached hydrogens (tertiary/aromatic N) is 3. The van der Waals surface area contributed by atoms with Gasteiger partial charge >= 0.3 is 0 Å². The van der Waals surface area contributed by atoms with Gasteiger partial charge in [0.1, 0.15) is 0 Å². The summed E-state index contributed by atoms with van der Waals surface area (Å²) in [6.45, 7) is 10.5. The Bertz CT molecular complexity index is 1450. The van der Waals surface area contributed by atoms with Crippen LogP contribution in [0.5, 0.6) is 0 Å². The molecule has 1 aliphatic heterocycles. The zero-order valence-corrected chi connectivity index (χ0v) is 22.1. The number of nitrogens with one attached hydrogen (secondary N) is 1. The second-order valence-electron chi connectivity index (χ2n) is 9.37. The second kappa shape index (κ2) is 9.70. The van der Waals surface area contributed by atoms with E-state index in [1.165, 1.54) is 22.3 Å². The Morgan fingerprint density at radius 3 is 2.31 bits per heavy atom. The van der Waals surface area contributed by atoms with Gasteiger partial charge in [-0.3, -0.25) is 4.90 Å². The number of rotatable bonds is 5. The van der Waals surface area contributed by atoms with Crippen molar-refractivity contribution in [2.45, 2.75) is 47.1 Å². The molecule has 1 N–H and O–H groups in total. The van der Waals surface area contributed by atoms with Gasteiger partial charge < -0.3 is 9.84 Å². The predicted molar refractivity (Wildman–Crippen MR) is 150 cm³/mol. The minimum Gasteiger partial charge on any atom is -0.351 e. The van der Waals surface area contributed by atoms with Crippen LogP contribution in [0.15, 0.2) is 77.0 Å². The average molecular weight is 495 g/mol. The van der Waals surface area contributed by atoms with Crippen LogP contribution in [0.2, 0.25) is 0 Å². The molecule has 1 aliphatic rings. The maximum Gasteiger partial charge on any atom is 0.258 e. The molecule has 0 amide bonds. The molecule has 0 saturated heterocycles. The van der Waals surface area contributed by atoms with E-state index < -0.39 is 0 Å². The zero-order valence-electron chi connectivity index (χ0n) is 21.3. The first-order valence-corrected chi connectivity index (χ1v) is 12.6. The third-order valence-corrected chi connectivity index (χ3v) is 7.22.